The number of benzene rings is 2. The summed E-state index contributed by atoms with van der Waals surface area (Å²) in [4.78, 5) is 23.3. The molecule has 5 nitrogen and oxygen atoms in total. The van der Waals surface area contributed by atoms with E-state index in [4.69, 9.17) is 0 Å². The van der Waals surface area contributed by atoms with Gasteiger partial charge in [0.2, 0.25) is 5.91 Å². The normalized spacial score (nSPS) is 14.9. The predicted octanol–water partition coefficient (Wildman–Crippen LogP) is 3.97. The minimum atomic E-state index is -0.871. The van der Waals surface area contributed by atoms with Crippen molar-refractivity contribution in [2.75, 3.05) is 5.32 Å². The van der Waals surface area contributed by atoms with Gasteiger partial charge in [0.15, 0.2) is 0 Å². The zero-order valence-electron chi connectivity index (χ0n) is 13.2. The Labute approximate surface area is 138 Å². The van der Waals surface area contributed by atoms with Gasteiger partial charge in [0.1, 0.15) is 5.82 Å². The van der Waals surface area contributed by atoms with Crippen molar-refractivity contribution < 1.29 is 14.1 Å². The molecule has 0 aliphatic heterocycles. The quantitative estimate of drug-likeness (QED) is 0.667. The van der Waals surface area contributed by atoms with Gasteiger partial charge in [0.25, 0.3) is 5.69 Å². The van der Waals surface area contributed by atoms with E-state index in [9.17, 15) is 19.3 Å². The number of hydrogen-bond acceptors (Lipinski definition) is 3. The summed E-state index contributed by atoms with van der Waals surface area (Å²) in [5.41, 5.74) is 0.441. The van der Waals surface area contributed by atoms with Crippen molar-refractivity contribution in [3.63, 3.8) is 0 Å². The van der Waals surface area contributed by atoms with Gasteiger partial charge >= 0.3 is 0 Å². The standard InChI is InChI=1S/C18H17FN2O3/c1-2-12-7-8-13(11-16(12)21(23)24)20-17(22)18(9-10-18)14-5-3-4-6-15(14)19/h3-8,11H,2,9-10H2,1H3,(H,20,22). The lowest BCUT2D eigenvalue weighted by molar-refractivity contribution is -0.385. The summed E-state index contributed by atoms with van der Waals surface area (Å²) >= 11 is 0. The SMILES string of the molecule is CCc1ccc(NC(=O)C2(c3ccccc3F)CC2)cc1[N+](=O)[O-]. The smallest absolute Gasteiger partial charge is 0.274 e. The molecule has 24 heavy (non-hydrogen) atoms. The first-order valence-electron chi connectivity index (χ1n) is 7.82. The summed E-state index contributed by atoms with van der Waals surface area (Å²) in [6.45, 7) is 1.83. The van der Waals surface area contributed by atoms with Crippen molar-refractivity contribution >= 4 is 17.3 Å². The molecule has 124 valence electrons. The lowest BCUT2D eigenvalue weighted by Gasteiger charge is -2.16. The number of halogens is 1. The molecule has 1 amide bonds. The molecule has 0 bridgehead atoms. The van der Waals surface area contributed by atoms with E-state index in [1.54, 1.807) is 30.3 Å². The van der Waals surface area contributed by atoms with Gasteiger partial charge in [-0.15, -0.1) is 0 Å². The van der Waals surface area contributed by atoms with Crippen LogP contribution in [0.25, 0.3) is 0 Å². The number of carbonyl (C=O) groups is 1. The molecule has 0 heterocycles. The number of aryl methyl sites for hydroxylation is 1. The van der Waals surface area contributed by atoms with Gasteiger partial charge in [0, 0.05) is 22.9 Å². The van der Waals surface area contributed by atoms with Gasteiger partial charge in [-0.2, -0.15) is 0 Å². The zero-order valence-corrected chi connectivity index (χ0v) is 13.2. The number of nitrogens with zero attached hydrogens (tertiary/aromatic N) is 1. The highest BCUT2D eigenvalue weighted by molar-refractivity contribution is 6.01. The summed E-state index contributed by atoms with van der Waals surface area (Å²) in [5, 5.41) is 13.8. The van der Waals surface area contributed by atoms with Gasteiger partial charge in [-0.1, -0.05) is 31.2 Å². The Morgan fingerprint density at radius 2 is 2.00 bits per heavy atom. The highest BCUT2D eigenvalue weighted by atomic mass is 19.1. The van der Waals surface area contributed by atoms with Crippen LogP contribution in [-0.2, 0) is 16.6 Å². The molecule has 6 heteroatoms. The fourth-order valence-electron chi connectivity index (χ4n) is 2.95. The number of hydrogen-bond donors (Lipinski definition) is 1. The van der Waals surface area contributed by atoms with Crippen LogP contribution >= 0.6 is 0 Å². The Morgan fingerprint density at radius 1 is 1.29 bits per heavy atom. The summed E-state index contributed by atoms with van der Waals surface area (Å²) in [6.07, 6.45) is 1.66. The maximum absolute atomic E-state index is 14.0. The second-order valence-electron chi connectivity index (χ2n) is 5.97. The van der Waals surface area contributed by atoms with E-state index in [-0.39, 0.29) is 11.6 Å². The van der Waals surface area contributed by atoms with E-state index < -0.39 is 16.2 Å². The average Bonchev–Trinajstić information content (AvgIpc) is 3.37. The minimum absolute atomic E-state index is 0.0222. The Morgan fingerprint density at radius 3 is 2.58 bits per heavy atom. The number of carbonyl (C=O) groups excluding carboxylic acids is 1. The van der Waals surface area contributed by atoms with Crippen LogP contribution in [-0.4, -0.2) is 10.8 Å². The molecule has 0 spiro atoms. The van der Waals surface area contributed by atoms with Crippen LogP contribution < -0.4 is 5.32 Å². The number of nitrogens with one attached hydrogen (secondary N) is 1. The van der Waals surface area contributed by atoms with E-state index in [1.165, 1.54) is 12.1 Å². The number of amides is 1. The van der Waals surface area contributed by atoms with E-state index in [0.29, 0.717) is 36.1 Å². The minimum Gasteiger partial charge on any atom is -0.325 e. The number of nitro groups is 1. The molecule has 2 aromatic rings. The fourth-order valence-corrected chi connectivity index (χ4v) is 2.95. The van der Waals surface area contributed by atoms with Gasteiger partial charge in [-0.05, 0) is 31.4 Å². The third-order valence-corrected chi connectivity index (χ3v) is 4.49. The first-order chi connectivity index (χ1) is 11.5. The highest BCUT2D eigenvalue weighted by Crippen LogP contribution is 2.49. The van der Waals surface area contributed by atoms with E-state index >= 15 is 0 Å². The van der Waals surface area contributed by atoms with Crippen molar-refractivity contribution in [3.05, 3.63) is 69.5 Å². The first kappa shape index (κ1) is 16.1. The Bertz CT molecular complexity index is 816. The molecular weight excluding hydrogens is 311 g/mol. The maximum Gasteiger partial charge on any atom is 0.274 e. The Balaban J connectivity index is 1.87. The summed E-state index contributed by atoms with van der Waals surface area (Å²) < 4.78 is 14.0. The van der Waals surface area contributed by atoms with Gasteiger partial charge in [0.05, 0.1) is 10.3 Å². The maximum atomic E-state index is 14.0. The van der Waals surface area contributed by atoms with Crippen molar-refractivity contribution in [1.82, 2.24) is 0 Å². The molecule has 0 atom stereocenters. The molecule has 0 aromatic heterocycles. The number of nitro benzene ring substituents is 1. The van der Waals surface area contributed by atoms with E-state index in [2.05, 4.69) is 5.32 Å². The molecule has 1 saturated carbocycles. The van der Waals surface area contributed by atoms with Crippen LogP contribution in [0.4, 0.5) is 15.8 Å². The molecular formula is C18H17FN2O3. The lowest BCUT2D eigenvalue weighted by Crippen LogP contribution is -2.28. The summed E-state index contributed by atoms with van der Waals surface area (Å²) in [7, 11) is 0. The monoisotopic (exact) mass is 328 g/mol. The molecule has 1 aliphatic rings. The zero-order chi connectivity index (χ0) is 17.3. The van der Waals surface area contributed by atoms with Crippen molar-refractivity contribution in [3.8, 4) is 0 Å². The van der Waals surface area contributed by atoms with Crippen LogP contribution in [0.5, 0.6) is 0 Å². The van der Waals surface area contributed by atoms with Gasteiger partial charge in [-0.25, -0.2) is 4.39 Å². The molecule has 1 N–H and O–H groups in total. The number of anilines is 1. The van der Waals surface area contributed by atoms with Crippen molar-refractivity contribution in [2.24, 2.45) is 0 Å². The molecule has 3 rings (SSSR count). The van der Waals surface area contributed by atoms with E-state index in [0.717, 1.165) is 0 Å². The van der Waals surface area contributed by atoms with Crippen LogP contribution in [0.1, 0.15) is 30.9 Å². The molecule has 0 radical (unpaired) electrons. The average molecular weight is 328 g/mol. The molecule has 2 aromatic carbocycles. The second kappa shape index (κ2) is 6.03. The summed E-state index contributed by atoms with van der Waals surface area (Å²) in [6, 6.07) is 10.9. The molecule has 1 aliphatic carbocycles. The molecule has 0 saturated heterocycles. The first-order valence-corrected chi connectivity index (χ1v) is 7.82. The predicted molar refractivity (Wildman–Crippen MR) is 88.4 cm³/mol. The van der Waals surface area contributed by atoms with Crippen LogP contribution in [0.2, 0.25) is 0 Å². The Kier molecular flexibility index (Phi) is 4.05. The number of rotatable bonds is 5. The van der Waals surface area contributed by atoms with Gasteiger partial charge in [-0.3, -0.25) is 14.9 Å². The van der Waals surface area contributed by atoms with Gasteiger partial charge < -0.3 is 5.32 Å². The van der Waals surface area contributed by atoms with Crippen LogP contribution in [0, 0.1) is 15.9 Å². The topological polar surface area (TPSA) is 72.2 Å². The Hall–Kier alpha value is -2.76. The fraction of sp³-hybridized carbons (Fsp3) is 0.278. The summed E-state index contributed by atoms with van der Waals surface area (Å²) in [5.74, 6) is -0.733. The van der Waals surface area contributed by atoms with Crippen molar-refractivity contribution in [1.29, 1.82) is 0 Å². The third kappa shape index (κ3) is 2.75. The second-order valence-corrected chi connectivity index (χ2v) is 5.97. The molecule has 0 unspecified atom stereocenters. The van der Waals surface area contributed by atoms with Crippen LogP contribution in [0.15, 0.2) is 42.5 Å². The van der Waals surface area contributed by atoms with Crippen molar-refractivity contribution in [2.45, 2.75) is 31.6 Å². The molecule has 1 fully saturated rings. The van der Waals surface area contributed by atoms with E-state index in [1.807, 2.05) is 6.92 Å². The lowest BCUT2D eigenvalue weighted by atomic mass is 9.94. The highest BCUT2D eigenvalue weighted by Gasteiger charge is 2.52. The largest absolute Gasteiger partial charge is 0.325 e. The third-order valence-electron chi connectivity index (χ3n) is 4.49. The van der Waals surface area contributed by atoms with Crippen LogP contribution in [0.3, 0.4) is 0 Å².